The van der Waals surface area contributed by atoms with E-state index in [1.54, 1.807) is 19.3 Å². The largest absolute Gasteiger partial charge is 0.322 e. The molecule has 0 aliphatic heterocycles. The van der Waals surface area contributed by atoms with E-state index in [1.165, 1.54) is 10.9 Å². The third-order valence-electron chi connectivity index (χ3n) is 3.32. The lowest BCUT2D eigenvalue weighted by molar-refractivity contribution is -0.119. The van der Waals surface area contributed by atoms with Gasteiger partial charge in [0.15, 0.2) is 0 Å². The highest BCUT2D eigenvalue weighted by Crippen LogP contribution is 2.28. The predicted molar refractivity (Wildman–Crippen MR) is 90.0 cm³/mol. The Balaban J connectivity index is 1.90. The fourth-order valence-electron chi connectivity index (χ4n) is 2.12. The molecule has 22 heavy (non-hydrogen) atoms. The van der Waals surface area contributed by atoms with Crippen molar-refractivity contribution < 1.29 is 4.79 Å². The number of aromatic nitrogens is 3. The van der Waals surface area contributed by atoms with Gasteiger partial charge in [-0.3, -0.25) is 14.5 Å². The highest BCUT2D eigenvalue weighted by atomic mass is 79.9. The number of nitrogens with one attached hydrogen (secondary N) is 1. The monoisotopic (exact) mass is 378 g/mol. The standard InChI is InChI=1S/C15H12BrClN4O/c1-9(21-8-10(17)7-19-21)15(22)20-13-5-4-12(16)11-3-2-6-18-14(11)13/h2-9H,1H3,(H,20,22). The van der Waals surface area contributed by atoms with Gasteiger partial charge in [-0.25, -0.2) is 0 Å². The van der Waals surface area contributed by atoms with Crippen molar-refractivity contribution in [2.24, 2.45) is 0 Å². The second-order valence-electron chi connectivity index (χ2n) is 4.80. The van der Waals surface area contributed by atoms with Crippen LogP contribution in [0.1, 0.15) is 13.0 Å². The molecule has 1 N–H and O–H groups in total. The minimum atomic E-state index is -0.477. The molecule has 5 nitrogen and oxygen atoms in total. The summed E-state index contributed by atoms with van der Waals surface area (Å²) in [6, 6.07) is 7.02. The van der Waals surface area contributed by atoms with Crippen molar-refractivity contribution in [1.82, 2.24) is 14.8 Å². The Kier molecular flexibility index (Phi) is 4.13. The Morgan fingerprint density at radius 1 is 1.41 bits per heavy atom. The van der Waals surface area contributed by atoms with Crippen LogP contribution in [-0.2, 0) is 4.79 Å². The summed E-state index contributed by atoms with van der Waals surface area (Å²) in [6.45, 7) is 1.76. The molecule has 3 rings (SSSR count). The third-order valence-corrected chi connectivity index (χ3v) is 4.21. The maximum Gasteiger partial charge on any atom is 0.249 e. The van der Waals surface area contributed by atoms with Gasteiger partial charge in [0.25, 0.3) is 0 Å². The van der Waals surface area contributed by atoms with Crippen molar-refractivity contribution >= 4 is 50.0 Å². The van der Waals surface area contributed by atoms with Crippen molar-refractivity contribution in [3.05, 3.63) is 52.4 Å². The van der Waals surface area contributed by atoms with Crippen LogP contribution in [0.4, 0.5) is 5.69 Å². The molecule has 1 atom stereocenters. The van der Waals surface area contributed by atoms with E-state index in [9.17, 15) is 4.79 Å². The first kappa shape index (κ1) is 15.0. The molecule has 0 spiro atoms. The molecule has 0 bridgehead atoms. The quantitative estimate of drug-likeness (QED) is 0.747. The van der Waals surface area contributed by atoms with E-state index in [0.29, 0.717) is 10.7 Å². The number of halogens is 2. The van der Waals surface area contributed by atoms with Crippen molar-refractivity contribution in [3.8, 4) is 0 Å². The van der Waals surface area contributed by atoms with Crippen LogP contribution in [0.2, 0.25) is 5.02 Å². The zero-order chi connectivity index (χ0) is 15.7. The molecule has 7 heteroatoms. The van der Waals surface area contributed by atoms with E-state index in [4.69, 9.17) is 11.6 Å². The van der Waals surface area contributed by atoms with Crippen molar-refractivity contribution in [2.45, 2.75) is 13.0 Å². The molecular formula is C15H12BrClN4O. The van der Waals surface area contributed by atoms with Crippen LogP contribution in [0.5, 0.6) is 0 Å². The van der Waals surface area contributed by atoms with Gasteiger partial charge in [0.05, 0.1) is 22.4 Å². The summed E-state index contributed by atoms with van der Waals surface area (Å²) in [7, 11) is 0. The molecule has 0 aliphatic carbocycles. The normalized spacial score (nSPS) is 12.3. The molecule has 0 aliphatic rings. The lowest BCUT2D eigenvalue weighted by Crippen LogP contribution is -2.24. The third kappa shape index (κ3) is 2.84. The SMILES string of the molecule is CC(C(=O)Nc1ccc(Br)c2cccnc12)n1cc(Cl)cn1. The van der Waals surface area contributed by atoms with Gasteiger partial charge in [-0.15, -0.1) is 0 Å². The van der Waals surface area contributed by atoms with Crippen LogP contribution >= 0.6 is 27.5 Å². The van der Waals surface area contributed by atoms with Crippen LogP contribution in [0.25, 0.3) is 10.9 Å². The molecule has 0 saturated carbocycles. The maximum atomic E-state index is 12.4. The number of pyridine rings is 1. The average Bonchev–Trinajstić information content (AvgIpc) is 2.96. The first-order valence-electron chi connectivity index (χ1n) is 6.60. The highest BCUT2D eigenvalue weighted by molar-refractivity contribution is 9.10. The number of rotatable bonds is 3. The number of nitrogens with zero attached hydrogens (tertiary/aromatic N) is 3. The molecule has 2 heterocycles. The van der Waals surface area contributed by atoms with Crippen LogP contribution in [0, 0.1) is 0 Å². The van der Waals surface area contributed by atoms with Gasteiger partial charge in [-0.1, -0.05) is 33.6 Å². The lowest BCUT2D eigenvalue weighted by Gasteiger charge is -2.14. The average molecular weight is 380 g/mol. The van der Waals surface area contributed by atoms with Crippen LogP contribution in [0.3, 0.4) is 0 Å². The van der Waals surface area contributed by atoms with Gasteiger partial charge in [-0.05, 0) is 25.1 Å². The Morgan fingerprint density at radius 2 is 2.23 bits per heavy atom. The van der Waals surface area contributed by atoms with Crippen molar-refractivity contribution in [1.29, 1.82) is 0 Å². The topological polar surface area (TPSA) is 59.8 Å². The van der Waals surface area contributed by atoms with E-state index in [1.807, 2.05) is 24.3 Å². The molecule has 0 fully saturated rings. The van der Waals surface area contributed by atoms with Gasteiger partial charge in [0, 0.05) is 22.3 Å². The Bertz CT molecular complexity index is 848. The van der Waals surface area contributed by atoms with Gasteiger partial charge >= 0.3 is 0 Å². The van der Waals surface area contributed by atoms with Gasteiger partial charge in [0.1, 0.15) is 6.04 Å². The Hall–Kier alpha value is -1.92. The van der Waals surface area contributed by atoms with Gasteiger partial charge in [-0.2, -0.15) is 5.10 Å². The highest BCUT2D eigenvalue weighted by Gasteiger charge is 2.17. The number of benzene rings is 1. The molecule has 0 saturated heterocycles. The lowest BCUT2D eigenvalue weighted by atomic mass is 10.2. The summed E-state index contributed by atoms with van der Waals surface area (Å²) in [5.74, 6) is -0.186. The number of anilines is 1. The van der Waals surface area contributed by atoms with Crippen molar-refractivity contribution in [2.75, 3.05) is 5.32 Å². The van der Waals surface area contributed by atoms with Crippen LogP contribution in [0.15, 0.2) is 47.3 Å². The van der Waals surface area contributed by atoms with Crippen molar-refractivity contribution in [3.63, 3.8) is 0 Å². The number of fused-ring (bicyclic) bond motifs is 1. The van der Waals surface area contributed by atoms with Gasteiger partial charge in [0.2, 0.25) is 5.91 Å². The number of hydrogen-bond donors (Lipinski definition) is 1. The molecule has 112 valence electrons. The van der Waals surface area contributed by atoms with E-state index < -0.39 is 6.04 Å². The van der Waals surface area contributed by atoms with E-state index in [2.05, 4.69) is 31.3 Å². The Labute approximate surface area is 140 Å². The van der Waals surface area contributed by atoms with Crippen LogP contribution in [-0.4, -0.2) is 20.7 Å². The van der Waals surface area contributed by atoms with E-state index in [0.717, 1.165) is 15.4 Å². The molecule has 3 aromatic rings. The molecule has 1 aromatic carbocycles. The molecule has 1 amide bonds. The number of hydrogen-bond acceptors (Lipinski definition) is 3. The minimum absolute atomic E-state index is 0.186. The number of carbonyl (C=O) groups excluding carboxylic acids is 1. The zero-order valence-corrected chi connectivity index (χ0v) is 14.0. The first-order chi connectivity index (χ1) is 10.6. The molecule has 2 aromatic heterocycles. The summed E-state index contributed by atoms with van der Waals surface area (Å²) in [5, 5.41) is 8.38. The Morgan fingerprint density at radius 3 is 2.95 bits per heavy atom. The summed E-state index contributed by atoms with van der Waals surface area (Å²) in [5.41, 5.74) is 1.39. The molecule has 0 radical (unpaired) electrons. The smallest absolute Gasteiger partial charge is 0.249 e. The molecular weight excluding hydrogens is 368 g/mol. The number of amides is 1. The zero-order valence-electron chi connectivity index (χ0n) is 11.6. The van der Waals surface area contributed by atoms with E-state index in [-0.39, 0.29) is 5.91 Å². The fraction of sp³-hybridized carbons (Fsp3) is 0.133. The summed E-state index contributed by atoms with van der Waals surface area (Å²) >= 11 is 9.32. The van der Waals surface area contributed by atoms with Crippen LogP contribution < -0.4 is 5.32 Å². The molecule has 1 unspecified atom stereocenters. The second-order valence-corrected chi connectivity index (χ2v) is 6.09. The number of carbonyl (C=O) groups is 1. The predicted octanol–water partition coefficient (Wildman–Crippen LogP) is 4.05. The van der Waals surface area contributed by atoms with E-state index >= 15 is 0 Å². The summed E-state index contributed by atoms with van der Waals surface area (Å²) < 4.78 is 2.45. The maximum absolute atomic E-state index is 12.4. The first-order valence-corrected chi connectivity index (χ1v) is 7.77. The fourth-order valence-corrected chi connectivity index (χ4v) is 2.72. The minimum Gasteiger partial charge on any atom is -0.322 e. The second kappa shape index (κ2) is 6.06. The van der Waals surface area contributed by atoms with Gasteiger partial charge < -0.3 is 5.32 Å². The summed E-state index contributed by atoms with van der Waals surface area (Å²) in [6.07, 6.45) is 4.81. The summed E-state index contributed by atoms with van der Waals surface area (Å²) in [4.78, 5) is 16.7.